The van der Waals surface area contributed by atoms with E-state index in [0.717, 1.165) is 11.3 Å². The lowest BCUT2D eigenvalue weighted by molar-refractivity contribution is 0.542. The molecule has 0 radical (unpaired) electrons. The van der Waals surface area contributed by atoms with Crippen molar-refractivity contribution in [2.75, 3.05) is 6.54 Å². The Kier molecular flexibility index (Phi) is 4.91. The summed E-state index contributed by atoms with van der Waals surface area (Å²) >= 11 is 1.56. The molecule has 1 rings (SSSR count). The second kappa shape index (κ2) is 5.77. The molecule has 1 aromatic rings. The monoisotopic (exact) mass is 262 g/mol. The third-order valence-electron chi connectivity index (χ3n) is 2.46. The molecule has 0 bridgehead atoms. The molecular weight excluding hydrogens is 244 g/mol. The van der Waals surface area contributed by atoms with E-state index in [4.69, 9.17) is 5.73 Å². The van der Waals surface area contributed by atoms with Crippen molar-refractivity contribution in [3.8, 4) is 0 Å². The fourth-order valence-electron chi connectivity index (χ4n) is 1.27. The maximum Gasteiger partial charge on any atom is 0.216 e. The molecule has 1 heterocycles. The van der Waals surface area contributed by atoms with Gasteiger partial charge in [0, 0.05) is 11.4 Å². The molecule has 0 saturated carbocycles. The maximum absolute atomic E-state index is 11.8. The summed E-state index contributed by atoms with van der Waals surface area (Å²) in [6.07, 6.45) is 0.733. The average Bonchev–Trinajstić information content (AvgIpc) is 2.78. The summed E-state index contributed by atoms with van der Waals surface area (Å²) in [5, 5.41) is 1.39. The molecule has 4 nitrogen and oxygen atoms in total. The summed E-state index contributed by atoms with van der Waals surface area (Å²) in [6.45, 7) is 3.71. The largest absolute Gasteiger partial charge is 0.329 e. The molecule has 92 valence electrons. The SMILES string of the molecule is CCC(NS(=O)(=O)C(C)CN)c1cccs1. The van der Waals surface area contributed by atoms with Crippen LogP contribution in [0.15, 0.2) is 17.5 Å². The molecule has 0 aliphatic heterocycles. The first-order chi connectivity index (χ1) is 7.51. The van der Waals surface area contributed by atoms with E-state index in [1.165, 1.54) is 0 Å². The van der Waals surface area contributed by atoms with E-state index in [1.54, 1.807) is 18.3 Å². The molecule has 1 aromatic heterocycles. The van der Waals surface area contributed by atoms with Gasteiger partial charge in [0.25, 0.3) is 0 Å². The van der Waals surface area contributed by atoms with Crippen LogP contribution in [0.3, 0.4) is 0 Å². The van der Waals surface area contributed by atoms with Crippen LogP contribution in [0.5, 0.6) is 0 Å². The average molecular weight is 262 g/mol. The van der Waals surface area contributed by atoms with Crippen molar-refractivity contribution in [1.82, 2.24) is 4.72 Å². The maximum atomic E-state index is 11.8. The second-order valence-corrected chi connectivity index (χ2v) is 6.80. The van der Waals surface area contributed by atoms with E-state index < -0.39 is 15.3 Å². The van der Waals surface area contributed by atoms with Gasteiger partial charge in [-0.2, -0.15) is 0 Å². The van der Waals surface area contributed by atoms with Gasteiger partial charge in [-0.25, -0.2) is 13.1 Å². The molecule has 0 aliphatic carbocycles. The zero-order valence-corrected chi connectivity index (χ0v) is 11.1. The number of rotatable bonds is 6. The molecular formula is C10H18N2O2S2. The molecule has 0 fully saturated rings. The van der Waals surface area contributed by atoms with E-state index in [1.807, 2.05) is 24.4 Å². The fraction of sp³-hybridized carbons (Fsp3) is 0.600. The van der Waals surface area contributed by atoms with Crippen LogP contribution < -0.4 is 10.5 Å². The van der Waals surface area contributed by atoms with E-state index in [0.29, 0.717) is 0 Å². The van der Waals surface area contributed by atoms with Gasteiger partial charge in [0.1, 0.15) is 0 Å². The Balaban J connectivity index is 2.79. The molecule has 6 heteroatoms. The zero-order valence-electron chi connectivity index (χ0n) is 9.51. The van der Waals surface area contributed by atoms with Gasteiger partial charge in [-0.05, 0) is 24.8 Å². The van der Waals surface area contributed by atoms with Gasteiger partial charge in [0.15, 0.2) is 0 Å². The molecule has 2 atom stereocenters. The molecule has 16 heavy (non-hydrogen) atoms. The third-order valence-corrected chi connectivity index (χ3v) is 5.31. The number of nitrogens with two attached hydrogens (primary N) is 1. The predicted octanol–water partition coefficient (Wildman–Crippen LogP) is 1.47. The Hall–Kier alpha value is -0.430. The van der Waals surface area contributed by atoms with Gasteiger partial charge in [-0.1, -0.05) is 13.0 Å². The lowest BCUT2D eigenvalue weighted by atomic mass is 10.2. The van der Waals surface area contributed by atoms with Gasteiger partial charge in [0.2, 0.25) is 10.0 Å². The van der Waals surface area contributed by atoms with Crippen molar-refractivity contribution in [3.63, 3.8) is 0 Å². The summed E-state index contributed by atoms with van der Waals surface area (Å²) in [5.41, 5.74) is 5.38. The smallest absolute Gasteiger partial charge is 0.216 e. The Morgan fingerprint density at radius 2 is 2.25 bits per heavy atom. The van der Waals surface area contributed by atoms with Gasteiger partial charge in [-0.3, -0.25) is 0 Å². The molecule has 0 spiro atoms. The van der Waals surface area contributed by atoms with Gasteiger partial charge < -0.3 is 5.73 Å². The Labute approximate surface area is 101 Å². The second-order valence-electron chi connectivity index (χ2n) is 3.69. The summed E-state index contributed by atoms with van der Waals surface area (Å²) in [5.74, 6) is 0. The number of thiophene rings is 1. The van der Waals surface area contributed by atoms with Crippen LogP contribution in [0.25, 0.3) is 0 Å². The van der Waals surface area contributed by atoms with E-state index in [2.05, 4.69) is 4.72 Å². The van der Waals surface area contributed by atoms with Crippen LogP contribution in [-0.2, 0) is 10.0 Å². The van der Waals surface area contributed by atoms with E-state index >= 15 is 0 Å². The minimum atomic E-state index is -3.32. The van der Waals surface area contributed by atoms with Gasteiger partial charge in [0.05, 0.1) is 11.3 Å². The summed E-state index contributed by atoms with van der Waals surface area (Å²) in [6, 6.07) is 3.72. The highest BCUT2D eigenvalue weighted by molar-refractivity contribution is 7.90. The Morgan fingerprint density at radius 3 is 2.69 bits per heavy atom. The molecule has 3 N–H and O–H groups in total. The standard InChI is InChI=1S/C10H18N2O2S2/c1-3-9(10-5-4-6-15-10)12-16(13,14)8(2)7-11/h4-6,8-9,12H,3,7,11H2,1-2H3. The summed E-state index contributed by atoms with van der Waals surface area (Å²) in [7, 11) is -3.32. The lowest BCUT2D eigenvalue weighted by Crippen LogP contribution is -2.38. The quantitative estimate of drug-likeness (QED) is 0.815. The minimum Gasteiger partial charge on any atom is -0.329 e. The first-order valence-electron chi connectivity index (χ1n) is 5.25. The van der Waals surface area contributed by atoms with Crippen molar-refractivity contribution >= 4 is 21.4 Å². The Morgan fingerprint density at radius 1 is 1.56 bits per heavy atom. The lowest BCUT2D eigenvalue weighted by Gasteiger charge is -2.18. The topological polar surface area (TPSA) is 72.2 Å². The number of nitrogens with one attached hydrogen (secondary N) is 1. The predicted molar refractivity (Wildman–Crippen MR) is 67.9 cm³/mol. The molecule has 0 amide bonds. The first kappa shape index (κ1) is 13.6. The van der Waals surface area contributed by atoms with Crippen molar-refractivity contribution in [3.05, 3.63) is 22.4 Å². The van der Waals surface area contributed by atoms with E-state index in [9.17, 15) is 8.42 Å². The zero-order chi connectivity index (χ0) is 12.2. The van der Waals surface area contributed by atoms with Gasteiger partial charge >= 0.3 is 0 Å². The molecule has 2 unspecified atom stereocenters. The molecule has 0 aliphatic rings. The number of hydrogen-bond donors (Lipinski definition) is 2. The van der Waals surface area contributed by atoms with Gasteiger partial charge in [-0.15, -0.1) is 11.3 Å². The highest BCUT2D eigenvalue weighted by Crippen LogP contribution is 2.22. The molecule has 0 aromatic carbocycles. The summed E-state index contributed by atoms with van der Waals surface area (Å²) < 4.78 is 26.4. The van der Waals surface area contributed by atoms with Crippen LogP contribution in [0.4, 0.5) is 0 Å². The van der Waals surface area contributed by atoms with Crippen LogP contribution in [0, 0.1) is 0 Å². The van der Waals surface area contributed by atoms with Crippen LogP contribution in [0.2, 0.25) is 0 Å². The van der Waals surface area contributed by atoms with Crippen LogP contribution in [0.1, 0.15) is 31.2 Å². The van der Waals surface area contributed by atoms with Crippen molar-refractivity contribution in [2.24, 2.45) is 5.73 Å². The van der Waals surface area contributed by atoms with Crippen molar-refractivity contribution < 1.29 is 8.42 Å². The fourth-order valence-corrected chi connectivity index (χ4v) is 3.38. The number of sulfonamides is 1. The normalized spacial score (nSPS) is 15.9. The highest BCUT2D eigenvalue weighted by atomic mass is 32.2. The van der Waals surface area contributed by atoms with Crippen LogP contribution >= 0.6 is 11.3 Å². The summed E-state index contributed by atoms with van der Waals surface area (Å²) in [4.78, 5) is 1.04. The Bertz CT molecular complexity index is 400. The number of hydrogen-bond acceptors (Lipinski definition) is 4. The van der Waals surface area contributed by atoms with Crippen molar-refractivity contribution in [2.45, 2.75) is 31.6 Å². The van der Waals surface area contributed by atoms with Crippen molar-refractivity contribution in [1.29, 1.82) is 0 Å². The minimum absolute atomic E-state index is 0.135. The molecule has 0 saturated heterocycles. The third kappa shape index (κ3) is 3.28. The van der Waals surface area contributed by atoms with E-state index in [-0.39, 0.29) is 12.6 Å². The highest BCUT2D eigenvalue weighted by Gasteiger charge is 2.23. The first-order valence-corrected chi connectivity index (χ1v) is 7.68. The van der Waals surface area contributed by atoms with Crippen LogP contribution in [-0.4, -0.2) is 20.2 Å².